The molecule has 3 fully saturated rings. The van der Waals surface area contributed by atoms with Crippen LogP contribution in [0.1, 0.15) is 25.3 Å². The Morgan fingerprint density at radius 1 is 1.17 bits per heavy atom. The van der Waals surface area contributed by atoms with E-state index in [9.17, 15) is 31.9 Å². The molecule has 0 spiro atoms. The van der Waals surface area contributed by atoms with E-state index in [1.807, 2.05) is 4.90 Å². The van der Waals surface area contributed by atoms with Gasteiger partial charge in [0.2, 0.25) is 11.9 Å². The van der Waals surface area contributed by atoms with E-state index in [1.54, 1.807) is 11.8 Å². The van der Waals surface area contributed by atoms with Crippen LogP contribution in [0, 0.1) is 0 Å². The molecule has 3 aliphatic rings. The SMILES string of the molecule is CC1(O)CC(Nc2nc(N3CC(N4CCN(CC(F)F)CC4=O)C3)c3cnn(-c4cccc(C(F)(F)F)c4)c3n2)C1. The zero-order valence-electron chi connectivity index (χ0n) is 22.2. The van der Waals surface area contributed by atoms with E-state index in [1.165, 1.54) is 27.9 Å². The van der Waals surface area contributed by atoms with Crippen LogP contribution < -0.4 is 10.2 Å². The fourth-order valence-electron chi connectivity index (χ4n) is 5.79. The van der Waals surface area contributed by atoms with Crippen molar-refractivity contribution in [3.05, 3.63) is 36.0 Å². The van der Waals surface area contributed by atoms with E-state index in [2.05, 4.69) is 15.4 Å². The summed E-state index contributed by atoms with van der Waals surface area (Å²) >= 11 is 0. The summed E-state index contributed by atoms with van der Waals surface area (Å²) in [5.74, 6) is 0.565. The Hall–Kier alpha value is -3.59. The van der Waals surface area contributed by atoms with E-state index in [0.717, 1.165) is 12.1 Å². The van der Waals surface area contributed by atoms with E-state index < -0.39 is 30.3 Å². The first-order valence-corrected chi connectivity index (χ1v) is 13.3. The molecule has 41 heavy (non-hydrogen) atoms. The maximum absolute atomic E-state index is 13.4. The number of aromatic nitrogens is 4. The second kappa shape index (κ2) is 10.0. The van der Waals surface area contributed by atoms with E-state index in [0.29, 0.717) is 55.9 Å². The van der Waals surface area contributed by atoms with Crippen molar-refractivity contribution < 1.29 is 31.9 Å². The third-order valence-corrected chi connectivity index (χ3v) is 7.87. The van der Waals surface area contributed by atoms with Crippen molar-refractivity contribution in [1.82, 2.24) is 29.5 Å². The second-order valence-corrected chi connectivity index (χ2v) is 11.2. The molecule has 0 bridgehead atoms. The molecule has 15 heteroatoms. The van der Waals surface area contributed by atoms with Gasteiger partial charge in [-0.05, 0) is 38.0 Å². The number of nitrogens with zero attached hydrogens (tertiary/aromatic N) is 7. The number of alkyl halides is 5. The minimum atomic E-state index is -4.53. The Kier molecular flexibility index (Phi) is 6.76. The van der Waals surface area contributed by atoms with Crippen LogP contribution in [-0.2, 0) is 11.0 Å². The highest BCUT2D eigenvalue weighted by Crippen LogP contribution is 2.36. The number of hydrogen-bond donors (Lipinski definition) is 2. The Balaban J connectivity index is 1.27. The Morgan fingerprint density at radius 2 is 1.93 bits per heavy atom. The van der Waals surface area contributed by atoms with Crippen molar-refractivity contribution >= 4 is 28.7 Å². The summed E-state index contributed by atoms with van der Waals surface area (Å²) in [6.45, 7) is 2.85. The quantitative estimate of drug-likeness (QED) is 0.412. The Labute approximate surface area is 231 Å². The number of benzene rings is 1. The van der Waals surface area contributed by atoms with Gasteiger partial charge in [-0.3, -0.25) is 9.69 Å². The summed E-state index contributed by atoms with van der Waals surface area (Å²) in [5.41, 5.74) is -1.11. The Morgan fingerprint density at radius 3 is 2.59 bits per heavy atom. The van der Waals surface area contributed by atoms with Gasteiger partial charge < -0.3 is 20.2 Å². The fraction of sp³-hybridized carbons (Fsp3) is 0.538. The summed E-state index contributed by atoms with van der Waals surface area (Å²) in [6.07, 6.45) is -4.55. The van der Waals surface area contributed by atoms with Crippen LogP contribution in [0.5, 0.6) is 0 Å². The molecule has 3 aromatic rings. The summed E-state index contributed by atoms with van der Waals surface area (Å²) in [4.78, 5) is 27.0. The monoisotopic (exact) mass is 580 g/mol. The maximum Gasteiger partial charge on any atom is 0.416 e. The number of anilines is 2. The van der Waals surface area contributed by atoms with E-state index in [-0.39, 0.29) is 36.2 Å². The molecule has 1 aromatic carbocycles. The lowest BCUT2D eigenvalue weighted by Crippen LogP contribution is -2.65. The molecule has 2 saturated heterocycles. The molecule has 0 unspecified atom stereocenters. The third kappa shape index (κ3) is 5.52. The number of rotatable bonds is 7. The topological polar surface area (TPSA) is 103 Å². The largest absolute Gasteiger partial charge is 0.416 e. The number of hydrogen-bond acceptors (Lipinski definition) is 8. The highest BCUT2D eigenvalue weighted by atomic mass is 19.4. The van der Waals surface area contributed by atoms with Gasteiger partial charge in [-0.2, -0.15) is 28.2 Å². The van der Waals surface area contributed by atoms with Crippen LogP contribution in [0.4, 0.5) is 33.7 Å². The van der Waals surface area contributed by atoms with Gasteiger partial charge in [0.05, 0.1) is 47.6 Å². The van der Waals surface area contributed by atoms with E-state index in [4.69, 9.17) is 4.98 Å². The molecule has 10 nitrogen and oxygen atoms in total. The van der Waals surface area contributed by atoms with Crippen LogP contribution in [-0.4, -0.2) is 104 Å². The highest BCUT2D eigenvalue weighted by molar-refractivity contribution is 5.90. The molecule has 220 valence electrons. The van der Waals surface area contributed by atoms with Gasteiger partial charge in [0.25, 0.3) is 6.43 Å². The predicted octanol–water partition coefficient (Wildman–Crippen LogP) is 2.76. The first-order chi connectivity index (χ1) is 19.4. The summed E-state index contributed by atoms with van der Waals surface area (Å²) in [5, 5.41) is 18.2. The number of carbonyl (C=O) groups excluding carboxylic acids is 1. The average Bonchev–Trinajstić information content (AvgIpc) is 3.26. The molecule has 4 heterocycles. The molecule has 1 saturated carbocycles. The first kappa shape index (κ1) is 27.6. The van der Waals surface area contributed by atoms with Crippen molar-refractivity contribution in [2.24, 2.45) is 0 Å². The van der Waals surface area contributed by atoms with Crippen molar-refractivity contribution in [2.75, 3.05) is 49.5 Å². The van der Waals surface area contributed by atoms with E-state index >= 15 is 0 Å². The molecule has 2 N–H and O–H groups in total. The molecular weight excluding hydrogens is 551 g/mol. The van der Waals surface area contributed by atoms with Crippen molar-refractivity contribution in [3.8, 4) is 5.69 Å². The molecule has 2 aliphatic heterocycles. The van der Waals surface area contributed by atoms with Crippen LogP contribution >= 0.6 is 0 Å². The number of nitrogens with one attached hydrogen (secondary N) is 1. The number of carbonyl (C=O) groups is 1. The molecule has 0 atom stereocenters. The van der Waals surface area contributed by atoms with Gasteiger partial charge >= 0.3 is 6.18 Å². The van der Waals surface area contributed by atoms with Gasteiger partial charge in [-0.25, -0.2) is 13.5 Å². The third-order valence-electron chi connectivity index (χ3n) is 7.87. The first-order valence-electron chi connectivity index (χ1n) is 13.3. The van der Waals surface area contributed by atoms with Gasteiger partial charge in [0.1, 0.15) is 5.82 Å². The summed E-state index contributed by atoms with van der Waals surface area (Å²) < 4.78 is 67.0. The normalized spacial score (nSPS) is 24.2. The maximum atomic E-state index is 13.4. The lowest BCUT2D eigenvalue weighted by molar-refractivity contribution is -0.140. The number of halogens is 5. The molecule has 1 aliphatic carbocycles. The number of amides is 1. The van der Waals surface area contributed by atoms with Gasteiger partial charge in [0, 0.05) is 32.2 Å². The van der Waals surface area contributed by atoms with Crippen molar-refractivity contribution in [2.45, 2.75) is 50.1 Å². The van der Waals surface area contributed by atoms with Crippen LogP contribution in [0.15, 0.2) is 30.5 Å². The van der Waals surface area contributed by atoms with Crippen molar-refractivity contribution in [3.63, 3.8) is 0 Å². The van der Waals surface area contributed by atoms with Crippen LogP contribution in [0.3, 0.4) is 0 Å². The molecule has 0 radical (unpaired) electrons. The molecular formula is C26H29F5N8O2. The molecule has 6 rings (SSSR count). The molecule has 1 amide bonds. The lowest BCUT2D eigenvalue weighted by Gasteiger charge is -2.48. The summed E-state index contributed by atoms with van der Waals surface area (Å²) in [6, 6.07) is 4.60. The van der Waals surface area contributed by atoms with Crippen LogP contribution in [0.2, 0.25) is 0 Å². The zero-order valence-corrected chi connectivity index (χ0v) is 22.2. The van der Waals surface area contributed by atoms with Gasteiger partial charge in [0.15, 0.2) is 5.65 Å². The highest BCUT2D eigenvalue weighted by Gasteiger charge is 2.41. The predicted molar refractivity (Wildman–Crippen MR) is 139 cm³/mol. The van der Waals surface area contributed by atoms with Gasteiger partial charge in [-0.15, -0.1) is 0 Å². The fourth-order valence-corrected chi connectivity index (χ4v) is 5.79. The summed E-state index contributed by atoms with van der Waals surface area (Å²) in [7, 11) is 0. The number of fused-ring (bicyclic) bond motifs is 1. The van der Waals surface area contributed by atoms with Crippen LogP contribution in [0.25, 0.3) is 16.7 Å². The second-order valence-electron chi connectivity index (χ2n) is 11.2. The van der Waals surface area contributed by atoms with Gasteiger partial charge in [-0.1, -0.05) is 6.07 Å². The standard InChI is InChI=1S/C26H29F5N8O2/c1-25(41)8-16(9-25)33-24-34-22(37-11-18(12-37)38-6-5-36(13-20(27)28)14-21(38)40)19-10-32-39(23(19)35-24)17-4-2-3-15(7-17)26(29,30)31/h2-4,7,10,16,18,20,41H,5-6,8-9,11-14H2,1H3,(H,33,34,35). The number of aliphatic hydroxyl groups is 1. The molecule has 2 aromatic heterocycles. The average molecular weight is 581 g/mol. The number of piperazine rings is 1. The minimum Gasteiger partial charge on any atom is -0.390 e. The Bertz CT molecular complexity index is 1450. The van der Waals surface area contributed by atoms with Crippen molar-refractivity contribution in [1.29, 1.82) is 0 Å². The lowest BCUT2D eigenvalue weighted by atomic mass is 9.77. The smallest absolute Gasteiger partial charge is 0.390 e. The zero-order chi connectivity index (χ0) is 29.1. The minimum absolute atomic E-state index is 0.0540.